The quantitative estimate of drug-likeness (QED) is 0.451. The lowest BCUT2D eigenvalue weighted by atomic mass is 10.0. The van der Waals surface area contributed by atoms with E-state index in [1.54, 1.807) is 36.4 Å². The zero-order chi connectivity index (χ0) is 22.1. The van der Waals surface area contributed by atoms with Crippen LogP contribution in [0.2, 0.25) is 0 Å². The molecule has 0 radical (unpaired) electrons. The van der Waals surface area contributed by atoms with Gasteiger partial charge in [-0.25, -0.2) is 8.42 Å². The van der Waals surface area contributed by atoms with E-state index in [2.05, 4.69) is 23.0 Å². The number of nitrogens with one attached hydrogen (secondary N) is 2. The summed E-state index contributed by atoms with van der Waals surface area (Å²) in [6.07, 6.45) is 9.03. The molecular weight excluding hydrogens is 422 g/mol. The van der Waals surface area contributed by atoms with Crippen molar-refractivity contribution in [1.82, 2.24) is 10.9 Å². The summed E-state index contributed by atoms with van der Waals surface area (Å²) in [5.74, 6) is -0.245. The third-order valence-corrected chi connectivity index (χ3v) is 7.67. The zero-order valence-corrected chi connectivity index (χ0v) is 18.2. The molecule has 0 unspecified atom stereocenters. The fraction of sp³-hybridized carbons (Fsp3) is 0.160. The van der Waals surface area contributed by atoms with Crippen LogP contribution in [0.15, 0.2) is 89.5 Å². The van der Waals surface area contributed by atoms with Crippen molar-refractivity contribution in [3.05, 3.63) is 95.7 Å². The summed E-state index contributed by atoms with van der Waals surface area (Å²) in [4.78, 5) is 12.7. The maximum absolute atomic E-state index is 13.1. The number of anilines is 1. The first-order valence-corrected chi connectivity index (χ1v) is 12.0. The van der Waals surface area contributed by atoms with Gasteiger partial charge in [0, 0.05) is 17.1 Å². The van der Waals surface area contributed by atoms with Crippen LogP contribution in [0, 0.1) is 0 Å². The smallest absolute Gasteiger partial charge is 0.269 e. The number of hydrazine groups is 1. The van der Waals surface area contributed by atoms with Gasteiger partial charge in [0.2, 0.25) is 0 Å². The lowest BCUT2D eigenvalue weighted by Crippen LogP contribution is -2.34. The van der Waals surface area contributed by atoms with E-state index < -0.39 is 10.0 Å². The van der Waals surface area contributed by atoms with E-state index in [1.165, 1.54) is 9.88 Å². The van der Waals surface area contributed by atoms with Crippen molar-refractivity contribution in [2.24, 2.45) is 0 Å². The third kappa shape index (κ3) is 3.65. The Balaban J connectivity index is 1.30. The molecule has 3 aromatic carbocycles. The van der Waals surface area contributed by atoms with Gasteiger partial charge < -0.3 is 5.43 Å². The van der Waals surface area contributed by atoms with Crippen LogP contribution >= 0.6 is 0 Å². The molecule has 0 spiro atoms. The summed E-state index contributed by atoms with van der Waals surface area (Å²) < 4.78 is 27.7. The molecule has 1 aliphatic heterocycles. The van der Waals surface area contributed by atoms with Crippen LogP contribution in [0.5, 0.6) is 0 Å². The van der Waals surface area contributed by atoms with E-state index in [0.717, 1.165) is 35.6 Å². The van der Waals surface area contributed by atoms with E-state index in [-0.39, 0.29) is 12.5 Å². The number of allylic oxidation sites excluding steroid dienone is 3. The Morgan fingerprint density at radius 3 is 2.53 bits per heavy atom. The maximum atomic E-state index is 13.1. The predicted molar refractivity (Wildman–Crippen MR) is 125 cm³/mol. The highest BCUT2D eigenvalue weighted by Gasteiger charge is 2.35. The number of carbonyl (C=O) groups is 1. The van der Waals surface area contributed by atoms with E-state index in [1.807, 2.05) is 30.5 Å². The number of sulfonamides is 1. The maximum Gasteiger partial charge on any atom is 0.269 e. The molecule has 1 heterocycles. The Morgan fingerprint density at radius 2 is 1.78 bits per heavy atom. The van der Waals surface area contributed by atoms with Crippen molar-refractivity contribution in [2.45, 2.75) is 30.7 Å². The number of carbonyl (C=O) groups excluding carboxylic acids is 1. The van der Waals surface area contributed by atoms with Crippen LogP contribution in [-0.2, 0) is 16.6 Å². The lowest BCUT2D eigenvalue weighted by Gasteiger charge is -2.19. The van der Waals surface area contributed by atoms with Gasteiger partial charge in [0.15, 0.2) is 0 Å². The van der Waals surface area contributed by atoms with E-state index >= 15 is 0 Å². The largest absolute Gasteiger partial charge is 0.306 e. The van der Waals surface area contributed by atoms with Gasteiger partial charge in [-0.15, -0.1) is 0 Å². The standard InChI is InChI=1S/C25H23N3O3S/c29-25(27-26-16-18-6-2-1-3-7-18)21-14-12-19(13-15-21)17-28-22-10-4-8-20-9-5-11-23(24(20)22)32(28,30)31/h1-2,4-5,8-16,26H,3,6-7,17H2,(H,27,29)/b18-16-. The van der Waals surface area contributed by atoms with Crippen LogP contribution in [0.3, 0.4) is 0 Å². The van der Waals surface area contributed by atoms with E-state index in [9.17, 15) is 13.2 Å². The fourth-order valence-corrected chi connectivity index (χ4v) is 5.88. The normalized spacial score (nSPS) is 17.6. The highest BCUT2D eigenvalue weighted by molar-refractivity contribution is 7.93. The average Bonchev–Trinajstić information content (AvgIpc) is 3.03. The van der Waals surface area contributed by atoms with Crippen molar-refractivity contribution < 1.29 is 13.2 Å². The van der Waals surface area contributed by atoms with Crippen LogP contribution in [0.1, 0.15) is 35.2 Å². The number of nitrogens with zero attached hydrogens (tertiary/aromatic N) is 1. The molecule has 6 nitrogen and oxygen atoms in total. The molecule has 7 heteroatoms. The molecule has 5 rings (SSSR count). The van der Waals surface area contributed by atoms with Gasteiger partial charge in [-0.1, -0.05) is 48.6 Å². The molecule has 2 aliphatic rings. The SMILES string of the molecule is O=C(NN/C=C1/CC=CCC1)c1ccc(CN2c3cccc4cccc(c34)S2(=O)=O)cc1. The van der Waals surface area contributed by atoms with Crippen molar-refractivity contribution in [3.63, 3.8) is 0 Å². The summed E-state index contributed by atoms with van der Waals surface area (Å²) in [7, 11) is -3.61. The molecule has 0 aromatic heterocycles. The van der Waals surface area contributed by atoms with Crippen molar-refractivity contribution >= 4 is 32.4 Å². The van der Waals surface area contributed by atoms with Crippen LogP contribution in [0.25, 0.3) is 10.8 Å². The second-order valence-electron chi connectivity index (χ2n) is 7.96. The third-order valence-electron chi connectivity index (χ3n) is 5.86. The molecule has 1 amide bonds. The number of rotatable bonds is 5. The van der Waals surface area contributed by atoms with Gasteiger partial charge in [0.05, 0.1) is 17.1 Å². The van der Waals surface area contributed by atoms with Gasteiger partial charge in [-0.3, -0.25) is 14.5 Å². The Morgan fingerprint density at radius 1 is 1.00 bits per heavy atom. The monoisotopic (exact) mass is 445 g/mol. The minimum absolute atomic E-state index is 0.204. The molecule has 2 N–H and O–H groups in total. The van der Waals surface area contributed by atoms with Gasteiger partial charge in [0.1, 0.15) is 0 Å². The molecule has 162 valence electrons. The summed E-state index contributed by atoms with van der Waals surface area (Å²) in [5.41, 5.74) is 8.79. The molecule has 0 saturated heterocycles. The molecule has 0 fully saturated rings. The van der Waals surface area contributed by atoms with E-state index in [4.69, 9.17) is 0 Å². The molecule has 0 saturated carbocycles. The highest BCUT2D eigenvalue weighted by Crippen LogP contribution is 2.42. The van der Waals surface area contributed by atoms with Gasteiger partial charge in [-0.2, -0.15) is 0 Å². The van der Waals surface area contributed by atoms with Crippen LogP contribution < -0.4 is 15.2 Å². The summed E-state index contributed by atoms with van der Waals surface area (Å²) >= 11 is 0. The second-order valence-corrected chi connectivity index (χ2v) is 9.79. The van der Waals surface area contributed by atoms with Crippen LogP contribution in [0.4, 0.5) is 5.69 Å². The van der Waals surface area contributed by atoms with Crippen molar-refractivity contribution in [2.75, 3.05) is 4.31 Å². The first kappa shape index (κ1) is 20.3. The summed E-state index contributed by atoms with van der Waals surface area (Å²) in [6, 6.07) is 18.0. The molecule has 1 aliphatic carbocycles. The molecular formula is C25H23N3O3S. The van der Waals surface area contributed by atoms with Crippen molar-refractivity contribution in [1.29, 1.82) is 0 Å². The fourth-order valence-electron chi connectivity index (χ4n) is 4.19. The molecule has 0 atom stereocenters. The Bertz CT molecular complexity index is 1350. The van der Waals surface area contributed by atoms with Crippen molar-refractivity contribution in [3.8, 4) is 0 Å². The summed E-state index contributed by atoms with van der Waals surface area (Å²) in [6.45, 7) is 0.204. The highest BCUT2D eigenvalue weighted by atomic mass is 32.2. The zero-order valence-electron chi connectivity index (χ0n) is 17.4. The van der Waals surface area contributed by atoms with Gasteiger partial charge in [0.25, 0.3) is 15.9 Å². The lowest BCUT2D eigenvalue weighted by molar-refractivity contribution is 0.0941. The van der Waals surface area contributed by atoms with E-state index in [0.29, 0.717) is 16.1 Å². The molecule has 32 heavy (non-hydrogen) atoms. The average molecular weight is 446 g/mol. The minimum atomic E-state index is -3.61. The molecule has 3 aromatic rings. The van der Waals surface area contributed by atoms with Gasteiger partial charge >= 0.3 is 0 Å². The Kier molecular flexibility index (Phi) is 5.19. The predicted octanol–water partition coefficient (Wildman–Crippen LogP) is 4.41. The van der Waals surface area contributed by atoms with Crippen LogP contribution in [-0.4, -0.2) is 14.3 Å². The number of hydrogen-bond acceptors (Lipinski definition) is 4. The topological polar surface area (TPSA) is 78.5 Å². The molecule has 0 bridgehead atoms. The Hall–Kier alpha value is -3.58. The first-order valence-electron chi connectivity index (χ1n) is 10.6. The second kappa shape index (κ2) is 8.16. The minimum Gasteiger partial charge on any atom is -0.306 e. The van der Waals surface area contributed by atoms with Gasteiger partial charge in [-0.05, 0) is 60.1 Å². The first-order chi connectivity index (χ1) is 15.5. The summed E-state index contributed by atoms with van der Waals surface area (Å²) in [5, 5.41) is 1.67. The number of hydrogen-bond donors (Lipinski definition) is 2. The number of amides is 1. The Labute approximate surface area is 187 Å². The number of benzene rings is 3.